The van der Waals surface area contributed by atoms with Crippen molar-refractivity contribution in [2.45, 2.75) is 26.2 Å². The van der Waals surface area contributed by atoms with Crippen LogP contribution < -0.4 is 10.1 Å². The number of carbonyl (C=O) groups is 2. The van der Waals surface area contributed by atoms with Crippen LogP contribution in [0.4, 0.5) is 10.1 Å². The molecule has 0 saturated carbocycles. The number of piperidine rings is 1. The minimum Gasteiger partial charge on any atom is -0.494 e. The Labute approximate surface area is 208 Å². The van der Waals surface area contributed by atoms with Gasteiger partial charge in [-0.1, -0.05) is 11.6 Å². The first-order valence-corrected chi connectivity index (χ1v) is 11.6. The van der Waals surface area contributed by atoms with Gasteiger partial charge >= 0.3 is 0 Å². The number of anilines is 1. The van der Waals surface area contributed by atoms with Gasteiger partial charge in [0.25, 0.3) is 0 Å². The van der Waals surface area contributed by atoms with E-state index in [1.807, 2.05) is 0 Å². The van der Waals surface area contributed by atoms with Gasteiger partial charge in [-0.25, -0.2) is 14.4 Å². The van der Waals surface area contributed by atoms with E-state index in [1.54, 1.807) is 25.4 Å². The minimum absolute atomic E-state index is 0.00462. The number of aromatic nitrogens is 3. The SMILES string of the molecule is CN1CCC(Cc2ncc(NC=O)cn2)CC1.COc1ccc(Cl)c(C(=O)c2c[nH]c(C)c2)c1F. The van der Waals surface area contributed by atoms with Crippen molar-refractivity contribution in [3.8, 4) is 5.75 Å². The van der Waals surface area contributed by atoms with Gasteiger partial charge in [-0.2, -0.15) is 0 Å². The van der Waals surface area contributed by atoms with Gasteiger partial charge in [0.1, 0.15) is 5.82 Å². The maximum Gasteiger partial charge on any atom is 0.211 e. The van der Waals surface area contributed by atoms with E-state index in [1.165, 1.54) is 38.3 Å². The predicted molar refractivity (Wildman–Crippen MR) is 133 cm³/mol. The molecular formula is C25H29ClFN5O3. The number of rotatable bonds is 7. The molecule has 10 heteroatoms. The highest BCUT2D eigenvalue weighted by molar-refractivity contribution is 6.35. The lowest BCUT2D eigenvalue weighted by Crippen LogP contribution is -2.31. The molecule has 2 aromatic heterocycles. The van der Waals surface area contributed by atoms with E-state index in [0.29, 0.717) is 23.6 Å². The van der Waals surface area contributed by atoms with Crippen molar-refractivity contribution >= 4 is 29.5 Å². The molecule has 0 atom stereocenters. The van der Waals surface area contributed by atoms with Crippen LogP contribution in [0.25, 0.3) is 0 Å². The summed E-state index contributed by atoms with van der Waals surface area (Å²) in [6.07, 6.45) is 8.84. The first-order chi connectivity index (χ1) is 16.8. The molecule has 3 heterocycles. The average molecular weight is 502 g/mol. The molecule has 3 aromatic rings. The molecule has 1 fully saturated rings. The molecular weight excluding hydrogens is 473 g/mol. The Morgan fingerprint density at radius 2 is 2.00 bits per heavy atom. The highest BCUT2D eigenvalue weighted by Crippen LogP contribution is 2.29. The number of H-pyrrole nitrogens is 1. The number of nitrogens with zero attached hydrogens (tertiary/aromatic N) is 3. The molecule has 35 heavy (non-hydrogen) atoms. The number of likely N-dealkylation sites (tertiary alicyclic amines) is 1. The zero-order valence-corrected chi connectivity index (χ0v) is 20.7. The summed E-state index contributed by atoms with van der Waals surface area (Å²) >= 11 is 5.88. The third kappa shape index (κ3) is 7.10. The predicted octanol–water partition coefficient (Wildman–Crippen LogP) is 4.28. The molecule has 0 spiro atoms. The first-order valence-electron chi connectivity index (χ1n) is 11.2. The molecule has 1 aliphatic heterocycles. The Kier molecular flexibility index (Phi) is 9.33. The van der Waals surface area contributed by atoms with Crippen LogP contribution in [0, 0.1) is 18.7 Å². The van der Waals surface area contributed by atoms with Crippen LogP contribution in [0.2, 0.25) is 5.02 Å². The number of amides is 1. The molecule has 186 valence electrons. The largest absolute Gasteiger partial charge is 0.494 e. The quantitative estimate of drug-likeness (QED) is 0.370. The molecule has 4 rings (SSSR count). The molecule has 0 unspecified atom stereocenters. The Balaban J connectivity index is 0.000000196. The number of ketones is 1. The van der Waals surface area contributed by atoms with Crippen molar-refractivity contribution in [3.63, 3.8) is 0 Å². The molecule has 0 bridgehead atoms. The summed E-state index contributed by atoms with van der Waals surface area (Å²) < 4.78 is 18.9. The maximum atomic E-state index is 14.0. The van der Waals surface area contributed by atoms with Crippen LogP contribution in [0.5, 0.6) is 5.75 Å². The van der Waals surface area contributed by atoms with Crippen molar-refractivity contribution < 1.29 is 18.7 Å². The van der Waals surface area contributed by atoms with Crippen molar-refractivity contribution in [1.29, 1.82) is 0 Å². The zero-order chi connectivity index (χ0) is 25.4. The lowest BCUT2D eigenvalue weighted by atomic mass is 9.93. The highest BCUT2D eigenvalue weighted by atomic mass is 35.5. The fraction of sp³-hybridized carbons (Fsp3) is 0.360. The van der Waals surface area contributed by atoms with E-state index >= 15 is 0 Å². The second-order valence-corrected chi connectivity index (χ2v) is 8.85. The molecule has 1 saturated heterocycles. The fourth-order valence-corrected chi connectivity index (χ4v) is 4.04. The van der Waals surface area contributed by atoms with Gasteiger partial charge in [-0.15, -0.1) is 0 Å². The molecule has 0 aliphatic carbocycles. The van der Waals surface area contributed by atoms with E-state index in [9.17, 15) is 14.0 Å². The standard InChI is InChI=1S/C13H11ClFNO2.C12H18N4O/c1-7-5-8(6-16-7)13(17)11-9(14)3-4-10(18-2)12(11)15;1-16-4-2-10(3-5-16)6-12-13-7-11(8-14-12)15-9-17/h3-6,16H,1-2H3;7-10H,2-6H2,1H3,(H,15,17). The number of aromatic amines is 1. The van der Waals surface area contributed by atoms with E-state index in [4.69, 9.17) is 16.3 Å². The van der Waals surface area contributed by atoms with Crippen LogP contribution >= 0.6 is 11.6 Å². The smallest absolute Gasteiger partial charge is 0.211 e. The number of ether oxygens (including phenoxy) is 1. The monoisotopic (exact) mass is 501 g/mol. The molecule has 1 aromatic carbocycles. The molecule has 2 N–H and O–H groups in total. The molecule has 1 aliphatic rings. The van der Waals surface area contributed by atoms with Crippen molar-refractivity contribution in [3.05, 3.63) is 70.3 Å². The minimum atomic E-state index is -0.742. The Bertz CT molecular complexity index is 1140. The van der Waals surface area contributed by atoms with Gasteiger partial charge in [0.15, 0.2) is 17.3 Å². The number of halogens is 2. The van der Waals surface area contributed by atoms with Gasteiger partial charge in [0, 0.05) is 23.9 Å². The normalized spacial score (nSPS) is 14.1. The lowest BCUT2D eigenvalue weighted by Gasteiger charge is -2.28. The third-order valence-electron chi connectivity index (χ3n) is 5.83. The summed E-state index contributed by atoms with van der Waals surface area (Å²) in [4.78, 5) is 36.2. The summed E-state index contributed by atoms with van der Waals surface area (Å²) in [6.45, 7) is 4.13. The summed E-state index contributed by atoms with van der Waals surface area (Å²) in [7, 11) is 3.49. The second-order valence-electron chi connectivity index (χ2n) is 8.44. The maximum absolute atomic E-state index is 14.0. The second kappa shape index (κ2) is 12.4. The van der Waals surface area contributed by atoms with Crippen LogP contribution in [0.3, 0.4) is 0 Å². The van der Waals surface area contributed by atoms with E-state index in [-0.39, 0.29) is 16.3 Å². The number of aryl methyl sites for hydroxylation is 1. The van der Waals surface area contributed by atoms with Crippen LogP contribution in [0.1, 0.15) is 40.3 Å². The Morgan fingerprint density at radius 3 is 2.57 bits per heavy atom. The molecule has 8 nitrogen and oxygen atoms in total. The van der Waals surface area contributed by atoms with Crippen LogP contribution in [0.15, 0.2) is 36.8 Å². The summed E-state index contributed by atoms with van der Waals surface area (Å²) in [6, 6.07) is 4.46. The number of benzene rings is 1. The van der Waals surface area contributed by atoms with Crippen molar-refractivity contribution in [1.82, 2.24) is 19.9 Å². The summed E-state index contributed by atoms with van der Waals surface area (Å²) in [5.74, 6) is 0.344. The highest BCUT2D eigenvalue weighted by Gasteiger charge is 2.22. The van der Waals surface area contributed by atoms with E-state index < -0.39 is 11.6 Å². The van der Waals surface area contributed by atoms with Crippen molar-refractivity contribution in [2.75, 3.05) is 32.6 Å². The van der Waals surface area contributed by atoms with Crippen LogP contribution in [-0.4, -0.2) is 59.3 Å². The molecule has 0 radical (unpaired) electrons. The number of carbonyl (C=O) groups excluding carboxylic acids is 2. The number of methoxy groups -OCH3 is 1. The van der Waals surface area contributed by atoms with Crippen molar-refractivity contribution in [2.24, 2.45) is 5.92 Å². The van der Waals surface area contributed by atoms with Gasteiger partial charge in [0.05, 0.1) is 35.8 Å². The Hall–Kier alpha value is -3.30. The van der Waals surface area contributed by atoms with E-state index in [0.717, 1.165) is 31.0 Å². The van der Waals surface area contributed by atoms with Gasteiger partial charge in [0.2, 0.25) is 6.41 Å². The molecule has 1 amide bonds. The average Bonchev–Trinajstić information content (AvgIpc) is 3.29. The van der Waals surface area contributed by atoms with Crippen LogP contribution in [-0.2, 0) is 11.2 Å². The Morgan fingerprint density at radius 1 is 1.31 bits per heavy atom. The van der Waals surface area contributed by atoms with Gasteiger partial charge in [-0.3, -0.25) is 9.59 Å². The number of hydrogen-bond acceptors (Lipinski definition) is 6. The third-order valence-corrected chi connectivity index (χ3v) is 6.15. The lowest BCUT2D eigenvalue weighted by molar-refractivity contribution is -0.105. The first kappa shape index (κ1) is 26.3. The van der Waals surface area contributed by atoms with Gasteiger partial charge in [-0.05, 0) is 64.0 Å². The number of nitrogens with one attached hydrogen (secondary N) is 2. The summed E-state index contributed by atoms with van der Waals surface area (Å²) in [5.41, 5.74) is 1.65. The van der Waals surface area contributed by atoms with E-state index in [2.05, 4.69) is 32.2 Å². The zero-order valence-electron chi connectivity index (χ0n) is 20.0. The number of hydrogen-bond donors (Lipinski definition) is 2. The van der Waals surface area contributed by atoms with Gasteiger partial charge < -0.3 is 19.9 Å². The topological polar surface area (TPSA) is 100 Å². The summed E-state index contributed by atoms with van der Waals surface area (Å²) in [5, 5.41) is 2.60. The fourth-order valence-electron chi connectivity index (χ4n) is 3.81.